The van der Waals surface area contributed by atoms with Gasteiger partial charge in [-0.15, -0.1) is 11.3 Å². The van der Waals surface area contributed by atoms with E-state index in [-0.39, 0.29) is 11.9 Å². The minimum absolute atomic E-state index is 0.281. The first-order valence-electron chi connectivity index (χ1n) is 6.94. The Morgan fingerprint density at radius 1 is 1.43 bits per heavy atom. The number of ether oxygens (including phenoxy) is 1. The standard InChI is InChI=1S/C15H18N2O3S/c1-13(2)14(3)6-7-15(13,20-12(14)19)11(18)17-16-9-10-5-4-8-21-10/h4-5,8-9H,6-7H2,1-3H3,(H,17,18). The van der Waals surface area contributed by atoms with Crippen LogP contribution < -0.4 is 5.43 Å². The zero-order valence-corrected chi connectivity index (χ0v) is 13.1. The fourth-order valence-corrected chi connectivity index (χ4v) is 3.94. The lowest BCUT2D eigenvalue weighted by Crippen LogP contribution is -2.52. The van der Waals surface area contributed by atoms with E-state index in [1.54, 1.807) is 6.21 Å². The molecule has 1 aliphatic heterocycles. The molecule has 0 aromatic carbocycles. The van der Waals surface area contributed by atoms with Gasteiger partial charge in [-0.1, -0.05) is 19.9 Å². The van der Waals surface area contributed by atoms with Crippen LogP contribution >= 0.6 is 11.3 Å². The summed E-state index contributed by atoms with van der Waals surface area (Å²) in [4.78, 5) is 25.6. The summed E-state index contributed by atoms with van der Waals surface area (Å²) in [6.45, 7) is 5.73. The number of rotatable bonds is 3. The number of esters is 1. The maximum atomic E-state index is 12.6. The van der Waals surface area contributed by atoms with Crippen LogP contribution in [0.4, 0.5) is 0 Å². The highest BCUT2D eigenvalue weighted by atomic mass is 32.1. The number of hydrogen-bond acceptors (Lipinski definition) is 5. The Labute approximate surface area is 127 Å². The van der Waals surface area contributed by atoms with Crippen LogP contribution in [0.5, 0.6) is 0 Å². The Hall–Kier alpha value is -1.69. The summed E-state index contributed by atoms with van der Waals surface area (Å²) in [5.41, 5.74) is 0.292. The number of nitrogens with one attached hydrogen (secondary N) is 1. The number of carbonyl (C=O) groups excluding carboxylic acids is 2. The smallest absolute Gasteiger partial charge is 0.313 e. The number of hydrazone groups is 1. The second kappa shape index (κ2) is 4.40. The Morgan fingerprint density at radius 3 is 2.71 bits per heavy atom. The molecular weight excluding hydrogens is 288 g/mol. The predicted octanol–water partition coefficient (Wildman–Crippen LogP) is 2.32. The number of hydrogen-bond donors (Lipinski definition) is 1. The molecule has 2 bridgehead atoms. The van der Waals surface area contributed by atoms with E-state index >= 15 is 0 Å². The van der Waals surface area contributed by atoms with Gasteiger partial charge in [0.15, 0.2) is 5.60 Å². The van der Waals surface area contributed by atoms with Crippen molar-refractivity contribution in [3.8, 4) is 0 Å². The number of amides is 1. The largest absolute Gasteiger partial charge is 0.448 e. The summed E-state index contributed by atoms with van der Waals surface area (Å²) in [5, 5.41) is 5.91. The second-order valence-electron chi connectivity index (χ2n) is 6.39. The van der Waals surface area contributed by atoms with Crippen LogP contribution in [0.1, 0.15) is 38.5 Å². The molecule has 2 fully saturated rings. The molecule has 0 spiro atoms. The van der Waals surface area contributed by atoms with E-state index in [1.165, 1.54) is 11.3 Å². The van der Waals surface area contributed by atoms with Crippen LogP contribution in [0.2, 0.25) is 0 Å². The predicted molar refractivity (Wildman–Crippen MR) is 80.0 cm³/mol. The topological polar surface area (TPSA) is 67.8 Å². The average Bonchev–Trinajstić information content (AvgIpc) is 3.04. The molecule has 2 aliphatic rings. The third-order valence-electron chi connectivity index (χ3n) is 5.35. The van der Waals surface area contributed by atoms with Gasteiger partial charge in [0.25, 0.3) is 5.91 Å². The monoisotopic (exact) mass is 306 g/mol. The molecule has 1 saturated carbocycles. The minimum atomic E-state index is -1.11. The van der Waals surface area contributed by atoms with Gasteiger partial charge in [-0.2, -0.15) is 5.10 Å². The molecule has 1 N–H and O–H groups in total. The summed E-state index contributed by atoms with van der Waals surface area (Å²) < 4.78 is 5.49. The summed E-state index contributed by atoms with van der Waals surface area (Å²) in [7, 11) is 0. The summed E-state index contributed by atoms with van der Waals surface area (Å²) in [5.74, 6) is -0.619. The van der Waals surface area contributed by atoms with E-state index in [9.17, 15) is 9.59 Å². The highest BCUT2D eigenvalue weighted by molar-refractivity contribution is 7.11. The SMILES string of the molecule is CC12CCC(C(=O)NN=Cc3cccs3)(OC1=O)C2(C)C. The Morgan fingerprint density at radius 2 is 2.19 bits per heavy atom. The van der Waals surface area contributed by atoms with Gasteiger partial charge in [0.05, 0.1) is 11.6 Å². The molecule has 1 aliphatic carbocycles. The van der Waals surface area contributed by atoms with Crippen molar-refractivity contribution < 1.29 is 14.3 Å². The maximum absolute atomic E-state index is 12.6. The Bertz CT molecular complexity index is 623. The highest BCUT2D eigenvalue weighted by Gasteiger charge is 2.75. The molecule has 112 valence electrons. The van der Waals surface area contributed by atoms with Gasteiger partial charge in [-0.25, -0.2) is 5.43 Å². The number of thiophene rings is 1. The normalized spacial score (nSPS) is 33.4. The van der Waals surface area contributed by atoms with Crippen molar-refractivity contribution in [3.63, 3.8) is 0 Å². The summed E-state index contributed by atoms with van der Waals surface area (Å²) >= 11 is 1.53. The number of carbonyl (C=O) groups is 2. The van der Waals surface area contributed by atoms with Crippen LogP contribution in [0.3, 0.4) is 0 Å². The fraction of sp³-hybridized carbons (Fsp3) is 0.533. The lowest BCUT2D eigenvalue weighted by Gasteiger charge is -2.34. The fourth-order valence-electron chi connectivity index (χ4n) is 3.36. The van der Waals surface area contributed by atoms with E-state index in [4.69, 9.17) is 4.74 Å². The van der Waals surface area contributed by atoms with Gasteiger partial charge in [0, 0.05) is 10.3 Å². The number of nitrogens with zero attached hydrogens (tertiary/aromatic N) is 1. The molecule has 2 atom stereocenters. The molecule has 2 heterocycles. The average molecular weight is 306 g/mol. The molecule has 21 heavy (non-hydrogen) atoms. The van der Waals surface area contributed by atoms with Crippen LogP contribution in [-0.4, -0.2) is 23.7 Å². The van der Waals surface area contributed by atoms with Crippen molar-refractivity contribution in [1.29, 1.82) is 0 Å². The third kappa shape index (κ3) is 1.71. The lowest BCUT2D eigenvalue weighted by atomic mass is 9.66. The van der Waals surface area contributed by atoms with Crippen molar-refractivity contribution in [1.82, 2.24) is 5.43 Å². The van der Waals surface area contributed by atoms with Crippen LogP contribution in [0.15, 0.2) is 22.6 Å². The molecule has 1 amide bonds. The zero-order chi connectivity index (χ0) is 15.3. The molecule has 1 aromatic rings. The second-order valence-corrected chi connectivity index (χ2v) is 7.37. The first-order chi connectivity index (χ1) is 9.83. The molecular formula is C15H18N2O3S. The summed E-state index contributed by atoms with van der Waals surface area (Å²) in [6, 6.07) is 3.82. The molecule has 1 aromatic heterocycles. The molecule has 6 heteroatoms. The lowest BCUT2D eigenvalue weighted by molar-refractivity contribution is -0.168. The van der Waals surface area contributed by atoms with E-state index in [0.717, 1.165) is 4.88 Å². The van der Waals surface area contributed by atoms with Crippen molar-refractivity contribution in [2.45, 2.75) is 39.2 Å². The molecule has 5 nitrogen and oxygen atoms in total. The van der Waals surface area contributed by atoms with E-state index in [1.807, 2.05) is 38.3 Å². The van der Waals surface area contributed by atoms with Gasteiger partial charge >= 0.3 is 5.97 Å². The number of fused-ring (bicyclic) bond motifs is 2. The molecule has 2 unspecified atom stereocenters. The summed E-state index contributed by atoms with van der Waals surface area (Å²) in [6.07, 6.45) is 2.81. The van der Waals surface area contributed by atoms with E-state index < -0.39 is 16.4 Å². The quantitative estimate of drug-likeness (QED) is 0.529. The maximum Gasteiger partial charge on any atom is 0.313 e. The first kappa shape index (κ1) is 14.3. The molecule has 1 saturated heterocycles. The van der Waals surface area contributed by atoms with E-state index in [0.29, 0.717) is 12.8 Å². The van der Waals surface area contributed by atoms with E-state index in [2.05, 4.69) is 10.5 Å². The minimum Gasteiger partial charge on any atom is -0.448 e. The molecule has 3 rings (SSSR count). The van der Waals surface area contributed by atoms with Crippen LogP contribution in [0.25, 0.3) is 0 Å². The van der Waals surface area contributed by atoms with Crippen molar-refractivity contribution in [2.24, 2.45) is 15.9 Å². The van der Waals surface area contributed by atoms with Gasteiger partial charge < -0.3 is 4.74 Å². The van der Waals surface area contributed by atoms with Crippen LogP contribution in [-0.2, 0) is 14.3 Å². The van der Waals surface area contributed by atoms with Gasteiger partial charge in [-0.3, -0.25) is 9.59 Å². The van der Waals surface area contributed by atoms with Gasteiger partial charge in [0.2, 0.25) is 0 Å². The van der Waals surface area contributed by atoms with Crippen LogP contribution in [0, 0.1) is 10.8 Å². The Kier molecular flexibility index (Phi) is 2.99. The van der Waals surface area contributed by atoms with Gasteiger partial charge in [0.1, 0.15) is 0 Å². The Balaban J connectivity index is 1.80. The highest BCUT2D eigenvalue weighted by Crippen LogP contribution is 2.65. The van der Waals surface area contributed by atoms with Crippen molar-refractivity contribution in [3.05, 3.63) is 22.4 Å². The van der Waals surface area contributed by atoms with Gasteiger partial charge in [-0.05, 0) is 31.2 Å². The van der Waals surface area contributed by atoms with Crippen molar-refractivity contribution >= 4 is 29.4 Å². The molecule has 0 radical (unpaired) electrons. The first-order valence-corrected chi connectivity index (χ1v) is 7.82. The van der Waals surface area contributed by atoms with Crippen molar-refractivity contribution in [2.75, 3.05) is 0 Å². The third-order valence-corrected chi connectivity index (χ3v) is 6.16. The zero-order valence-electron chi connectivity index (χ0n) is 12.3.